The van der Waals surface area contributed by atoms with Crippen LogP contribution in [0.2, 0.25) is 0 Å². The van der Waals surface area contributed by atoms with Crippen LogP contribution in [0.25, 0.3) is 0 Å². The van der Waals surface area contributed by atoms with Crippen molar-refractivity contribution in [2.24, 2.45) is 0 Å². The summed E-state index contributed by atoms with van der Waals surface area (Å²) in [6, 6.07) is 12.6. The van der Waals surface area contributed by atoms with Crippen molar-refractivity contribution < 1.29 is 19.0 Å². The maximum atomic E-state index is 12.5. The van der Waals surface area contributed by atoms with Crippen LogP contribution in [0.4, 0.5) is 17.2 Å². The molecule has 0 radical (unpaired) electrons. The van der Waals surface area contributed by atoms with Crippen LogP contribution in [0.5, 0.6) is 17.2 Å². The molecule has 150 valence electrons. The van der Waals surface area contributed by atoms with Crippen LogP contribution in [0, 0.1) is 6.92 Å². The predicted octanol–water partition coefficient (Wildman–Crippen LogP) is 3.81. The number of carbonyl (C=O) groups excluding carboxylic acids is 1. The molecule has 1 amide bonds. The van der Waals surface area contributed by atoms with E-state index >= 15 is 0 Å². The van der Waals surface area contributed by atoms with E-state index in [-0.39, 0.29) is 11.6 Å². The van der Waals surface area contributed by atoms with Gasteiger partial charge in [-0.3, -0.25) is 4.79 Å². The summed E-state index contributed by atoms with van der Waals surface area (Å²) in [7, 11) is 4.62. The molecular formula is C21H22N4O4. The number of aryl methyl sites for hydroxylation is 1. The molecule has 2 aromatic carbocycles. The van der Waals surface area contributed by atoms with Gasteiger partial charge in [0, 0.05) is 29.6 Å². The van der Waals surface area contributed by atoms with Gasteiger partial charge >= 0.3 is 0 Å². The first-order valence-corrected chi connectivity index (χ1v) is 8.81. The van der Waals surface area contributed by atoms with Gasteiger partial charge in [0.15, 0.2) is 11.5 Å². The Hall–Kier alpha value is -3.81. The SMILES string of the molecule is COc1cc(Nc2cc(C(=O)Nc3ccc(C)cc3)ncn2)cc(OC)c1OC. The number of hydrogen-bond acceptors (Lipinski definition) is 7. The summed E-state index contributed by atoms with van der Waals surface area (Å²) < 4.78 is 16.0. The number of methoxy groups -OCH3 is 3. The van der Waals surface area contributed by atoms with E-state index in [1.165, 1.54) is 13.4 Å². The fraction of sp³-hybridized carbons (Fsp3) is 0.190. The van der Waals surface area contributed by atoms with E-state index in [0.717, 1.165) is 5.56 Å². The van der Waals surface area contributed by atoms with Crippen LogP contribution < -0.4 is 24.8 Å². The van der Waals surface area contributed by atoms with Gasteiger partial charge in [0.05, 0.1) is 21.3 Å². The number of amides is 1. The van der Waals surface area contributed by atoms with Crippen LogP contribution in [-0.4, -0.2) is 37.2 Å². The maximum Gasteiger partial charge on any atom is 0.274 e. The van der Waals surface area contributed by atoms with Crippen molar-refractivity contribution in [1.82, 2.24) is 9.97 Å². The van der Waals surface area contributed by atoms with E-state index in [9.17, 15) is 4.79 Å². The van der Waals surface area contributed by atoms with Crippen LogP contribution in [0.3, 0.4) is 0 Å². The van der Waals surface area contributed by atoms with E-state index in [4.69, 9.17) is 14.2 Å². The number of hydrogen-bond donors (Lipinski definition) is 2. The Bertz CT molecular complexity index is 981. The molecule has 0 aliphatic carbocycles. The van der Waals surface area contributed by atoms with E-state index < -0.39 is 0 Å². The zero-order valence-corrected chi connectivity index (χ0v) is 16.6. The molecule has 1 heterocycles. The van der Waals surface area contributed by atoms with Gasteiger partial charge < -0.3 is 24.8 Å². The fourth-order valence-corrected chi connectivity index (χ4v) is 2.68. The standard InChI is InChI=1S/C21H22N4O4/c1-13-5-7-14(8-6-13)25-21(26)16-11-19(23-12-22-16)24-15-9-17(27-2)20(29-4)18(10-15)28-3/h5-12H,1-4H3,(H,25,26)(H,22,23,24). The summed E-state index contributed by atoms with van der Waals surface area (Å²) in [4.78, 5) is 20.7. The summed E-state index contributed by atoms with van der Waals surface area (Å²) in [6.45, 7) is 1.98. The number of nitrogens with zero attached hydrogens (tertiary/aromatic N) is 2. The Morgan fingerprint density at radius 2 is 1.52 bits per heavy atom. The van der Waals surface area contributed by atoms with E-state index in [1.54, 1.807) is 32.4 Å². The summed E-state index contributed by atoms with van der Waals surface area (Å²) >= 11 is 0. The molecule has 0 bridgehead atoms. The molecule has 0 aliphatic heterocycles. The zero-order valence-electron chi connectivity index (χ0n) is 16.6. The lowest BCUT2D eigenvalue weighted by atomic mass is 10.2. The van der Waals surface area contributed by atoms with Crippen LogP contribution in [0.1, 0.15) is 16.1 Å². The lowest BCUT2D eigenvalue weighted by molar-refractivity contribution is 0.102. The van der Waals surface area contributed by atoms with Gasteiger partial charge in [0.2, 0.25) is 5.75 Å². The number of ether oxygens (including phenoxy) is 3. The normalized spacial score (nSPS) is 10.2. The van der Waals surface area contributed by atoms with Crippen molar-refractivity contribution in [3.8, 4) is 17.2 Å². The monoisotopic (exact) mass is 394 g/mol. The molecule has 8 heteroatoms. The summed E-state index contributed by atoms with van der Waals surface area (Å²) in [6.07, 6.45) is 1.32. The largest absolute Gasteiger partial charge is 0.493 e. The summed E-state index contributed by atoms with van der Waals surface area (Å²) in [5, 5.41) is 5.94. The van der Waals surface area contributed by atoms with Gasteiger partial charge in [-0.1, -0.05) is 17.7 Å². The third-order valence-electron chi connectivity index (χ3n) is 4.15. The Kier molecular flexibility index (Phi) is 6.13. The first-order valence-electron chi connectivity index (χ1n) is 8.81. The average Bonchev–Trinajstić information content (AvgIpc) is 2.74. The van der Waals surface area contributed by atoms with Gasteiger partial charge in [-0.05, 0) is 19.1 Å². The summed E-state index contributed by atoms with van der Waals surface area (Å²) in [5.41, 5.74) is 2.69. The second kappa shape index (κ2) is 8.92. The minimum Gasteiger partial charge on any atom is -0.493 e. The van der Waals surface area contributed by atoms with Crippen molar-refractivity contribution in [3.63, 3.8) is 0 Å². The number of rotatable bonds is 7. The molecule has 3 rings (SSSR count). The minimum absolute atomic E-state index is 0.232. The fourth-order valence-electron chi connectivity index (χ4n) is 2.68. The van der Waals surface area contributed by atoms with Crippen molar-refractivity contribution in [2.75, 3.05) is 32.0 Å². The Balaban J connectivity index is 1.81. The molecule has 0 saturated carbocycles. The smallest absolute Gasteiger partial charge is 0.274 e. The Labute approximate surface area is 168 Å². The second-order valence-electron chi connectivity index (χ2n) is 6.15. The third kappa shape index (κ3) is 4.73. The van der Waals surface area contributed by atoms with E-state index in [1.807, 2.05) is 31.2 Å². The molecule has 0 spiro atoms. The molecule has 3 aromatic rings. The van der Waals surface area contributed by atoms with Crippen molar-refractivity contribution in [1.29, 1.82) is 0 Å². The van der Waals surface area contributed by atoms with Crippen molar-refractivity contribution >= 4 is 23.1 Å². The molecule has 0 unspecified atom stereocenters. The molecule has 0 saturated heterocycles. The first kappa shape index (κ1) is 19.9. The van der Waals surface area contributed by atoms with E-state index in [0.29, 0.717) is 34.4 Å². The topological polar surface area (TPSA) is 94.6 Å². The second-order valence-corrected chi connectivity index (χ2v) is 6.15. The Morgan fingerprint density at radius 3 is 2.10 bits per heavy atom. The van der Waals surface area contributed by atoms with E-state index in [2.05, 4.69) is 20.6 Å². The number of benzene rings is 2. The van der Waals surface area contributed by atoms with Crippen LogP contribution >= 0.6 is 0 Å². The lowest BCUT2D eigenvalue weighted by Gasteiger charge is -2.15. The number of anilines is 3. The molecule has 0 aliphatic rings. The van der Waals surface area contributed by atoms with Gasteiger partial charge in [0.1, 0.15) is 17.8 Å². The Morgan fingerprint density at radius 1 is 0.862 bits per heavy atom. The molecule has 2 N–H and O–H groups in total. The van der Waals surface area contributed by atoms with Gasteiger partial charge in [0.25, 0.3) is 5.91 Å². The summed E-state index contributed by atoms with van der Waals surface area (Å²) in [5.74, 6) is 1.61. The number of aromatic nitrogens is 2. The molecule has 0 fully saturated rings. The van der Waals surface area contributed by atoms with Gasteiger partial charge in [-0.25, -0.2) is 9.97 Å². The first-order chi connectivity index (χ1) is 14.0. The van der Waals surface area contributed by atoms with Crippen molar-refractivity contribution in [3.05, 3.63) is 60.0 Å². The van der Waals surface area contributed by atoms with Crippen LogP contribution in [0.15, 0.2) is 48.8 Å². The molecular weight excluding hydrogens is 372 g/mol. The highest BCUT2D eigenvalue weighted by atomic mass is 16.5. The molecule has 29 heavy (non-hydrogen) atoms. The predicted molar refractivity (Wildman–Crippen MR) is 111 cm³/mol. The van der Waals surface area contributed by atoms with Gasteiger partial charge in [-0.2, -0.15) is 0 Å². The molecule has 8 nitrogen and oxygen atoms in total. The quantitative estimate of drug-likeness (QED) is 0.629. The zero-order chi connectivity index (χ0) is 20.8. The lowest BCUT2D eigenvalue weighted by Crippen LogP contribution is -2.14. The highest BCUT2D eigenvalue weighted by Crippen LogP contribution is 2.40. The number of nitrogens with one attached hydrogen (secondary N) is 2. The minimum atomic E-state index is -0.329. The van der Waals surface area contributed by atoms with Crippen LogP contribution in [-0.2, 0) is 0 Å². The highest BCUT2D eigenvalue weighted by Gasteiger charge is 2.14. The number of carbonyl (C=O) groups is 1. The third-order valence-corrected chi connectivity index (χ3v) is 4.15. The highest BCUT2D eigenvalue weighted by molar-refractivity contribution is 6.03. The van der Waals surface area contributed by atoms with Crippen molar-refractivity contribution in [2.45, 2.75) is 6.92 Å². The van der Waals surface area contributed by atoms with Gasteiger partial charge in [-0.15, -0.1) is 0 Å². The average molecular weight is 394 g/mol. The maximum absolute atomic E-state index is 12.5. The molecule has 0 atom stereocenters. The molecule has 1 aromatic heterocycles.